The summed E-state index contributed by atoms with van der Waals surface area (Å²) in [5.74, 6) is -0.961. The van der Waals surface area contributed by atoms with Crippen molar-refractivity contribution in [1.29, 1.82) is 0 Å². The van der Waals surface area contributed by atoms with Gasteiger partial charge in [0.1, 0.15) is 0 Å². The molecule has 1 aliphatic heterocycles. The average molecular weight is 477 g/mol. The van der Waals surface area contributed by atoms with Gasteiger partial charge in [0.2, 0.25) is 10.0 Å². The highest BCUT2D eigenvalue weighted by Crippen LogP contribution is 2.37. The van der Waals surface area contributed by atoms with E-state index < -0.39 is 16.0 Å². The van der Waals surface area contributed by atoms with Crippen molar-refractivity contribution in [3.63, 3.8) is 0 Å². The Balaban J connectivity index is 1.67. The van der Waals surface area contributed by atoms with Crippen LogP contribution in [0.25, 0.3) is 0 Å². The highest BCUT2D eigenvalue weighted by Gasteiger charge is 2.25. The van der Waals surface area contributed by atoms with E-state index in [4.69, 9.17) is 4.74 Å². The second-order valence-electron chi connectivity index (χ2n) is 7.42. The summed E-state index contributed by atoms with van der Waals surface area (Å²) in [6.07, 6.45) is 0.835. The minimum absolute atomic E-state index is 0.113. The predicted octanol–water partition coefficient (Wildman–Crippen LogP) is 3.79. The number of carbonyl (C=O) groups is 2. The fourth-order valence-corrected chi connectivity index (χ4v) is 6.08. The van der Waals surface area contributed by atoms with Crippen LogP contribution in [0.1, 0.15) is 37.6 Å². The lowest BCUT2D eigenvalue weighted by molar-refractivity contribution is -0.121. The normalized spacial score (nSPS) is 16.4. The number of carbonyl (C=O) groups excluding carboxylic acids is 2. The van der Waals surface area contributed by atoms with Gasteiger partial charge in [-0.1, -0.05) is 32.9 Å². The topological polar surface area (TPSA) is 84.0 Å². The minimum atomic E-state index is -3.60. The fraction of sp³-hybridized carbons (Fsp3) is 0.391. The van der Waals surface area contributed by atoms with Crippen molar-refractivity contribution >= 4 is 39.3 Å². The Morgan fingerprint density at radius 3 is 2.41 bits per heavy atom. The summed E-state index contributed by atoms with van der Waals surface area (Å²) in [6, 6.07) is 13.3. The Hall–Kier alpha value is -2.36. The van der Waals surface area contributed by atoms with E-state index in [0.717, 1.165) is 17.0 Å². The molecule has 2 aromatic rings. The number of ether oxygens (including phenoxy) is 1. The van der Waals surface area contributed by atoms with Crippen LogP contribution in [0, 0.1) is 0 Å². The third kappa shape index (κ3) is 5.33. The number of esters is 1. The van der Waals surface area contributed by atoms with Crippen molar-refractivity contribution in [2.24, 2.45) is 0 Å². The molecule has 3 rings (SSSR count). The third-order valence-corrected chi connectivity index (χ3v) is 8.61. The average Bonchev–Trinajstić information content (AvgIpc) is 2.96. The molecule has 0 radical (unpaired) electrons. The summed E-state index contributed by atoms with van der Waals surface area (Å²) in [6.45, 7) is 6.56. The highest BCUT2D eigenvalue weighted by atomic mass is 32.2. The number of hydrogen-bond donors (Lipinski definition) is 0. The van der Waals surface area contributed by atoms with Crippen molar-refractivity contribution in [3.8, 4) is 0 Å². The van der Waals surface area contributed by atoms with Crippen LogP contribution < -0.4 is 4.90 Å². The summed E-state index contributed by atoms with van der Waals surface area (Å²) < 4.78 is 31.7. The largest absolute Gasteiger partial charge is 0.452 e. The van der Waals surface area contributed by atoms with Crippen LogP contribution in [0.5, 0.6) is 0 Å². The minimum Gasteiger partial charge on any atom is -0.452 e. The molecular formula is C23H28N2O5S2. The Kier molecular flexibility index (Phi) is 7.97. The number of fused-ring (bicyclic) bond motifs is 1. The molecule has 0 aromatic heterocycles. The van der Waals surface area contributed by atoms with Crippen LogP contribution in [0.4, 0.5) is 5.69 Å². The van der Waals surface area contributed by atoms with Gasteiger partial charge in [-0.3, -0.25) is 4.79 Å². The number of sulfonamides is 1. The molecule has 7 nitrogen and oxygen atoms in total. The van der Waals surface area contributed by atoms with Gasteiger partial charge in [-0.25, -0.2) is 13.2 Å². The van der Waals surface area contributed by atoms with Crippen LogP contribution in [-0.4, -0.2) is 56.1 Å². The summed E-state index contributed by atoms with van der Waals surface area (Å²) in [7, 11) is -3.60. The monoisotopic (exact) mass is 476 g/mol. The van der Waals surface area contributed by atoms with Crippen LogP contribution in [0.15, 0.2) is 58.3 Å². The van der Waals surface area contributed by atoms with Gasteiger partial charge in [-0.15, -0.1) is 11.8 Å². The van der Waals surface area contributed by atoms with Crippen LogP contribution >= 0.6 is 11.8 Å². The number of para-hydroxylation sites is 1. The third-order valence-electron chi connectivity index (χ3n) is 5.30. The van der Waals surface area contributed by atoms with Gasteiger partial charge < -0.3 is 9.64 Å². The molecule has 172 valence electrons. The molecule has 2 aromatic carbocycles. The standard InChI is InChI=1S/C23H28N2O5S2/c1-4-24(5-2)32(28,29)19-12-10-18(11-13-19)23(27)30-16-22(26)25-15-14-17(3)31-21-9-7-6-8-20(21)25/h6-13,17H,4-5,14-16H2,1-3H3. The molecule has 1 heterocycles. The van der Waals surface area contributed by atoms with E-state index in [-0.39, 0.29) is 23.0 Å². The molecular weight excluding hydrogens is 448 g/mol. The molecule has 0 saturated heterocycles. The summed E-state index contributed by atoms with van der Waals surface area (Å²) in [5.41, 5.74) is 1.02. The molecule has 0 aliphatic carbocycles. The Morgan fingerprint density at radius 2 is 1.75 bits per heavy atom. The first-order valence-corrected chi connectivity index (χ1v) is 12.9. The van der Waals surface area contributed by atoms with Gasteiger partial charge in [-0.2, -0.15) is 4.31 Å². The van der Waals surface area contributed by atoms with Gasteiger partial charge >= 0.3 is 5.97 Å². The lowest BCUT2D eigenvalue weighted by Gasteiger charge is -2.22. The molecule has 9 heteroatoms. The van der Waals surface area contributed by atoms with Crippen LogP contribution in [0.3, 0.4) is 0 Å². The molecule has 1 unspecified atom stereocenters. The number of rotatable bonds is 7. The van der Waals surface area contributed by atoms with Gasteiger partial charge in [-0.05, 0) is 42.8 Å². The molecule has 0 N–H and O–H groups in total. The van der Waals surface area contributed by atoms with Crippen LogP contribution in [-0.2, 0) is 19.6 Å². The summed E-state index contributed by atoms with van der Waals surface area (Å²) in [4.78, 5) is 28.1. The smallest absolute Gasteiger partial charge is 0.338 e. The first-order chi connectivity index (χ1) is 15.3. The maximum absolute atomic E-state index is 12.8. The van der Waals surface area contributed by atoms with Gasteiger partial charge in [0, 0.05) is 29.8 Å². The maximum Gasteiger partial charge on any atom is 0.338 e. The lowest BCUT2D eigenvalue weighted by atomic mass is 10.2. The molecule has 32 heavy (non-hydrogen) atoms. The number of amides is 1. The number of nitrogens with zero attached hydrogens (tertiary/aromatic N) is 2. The van der Waals surface area contributed by atoms with E-state index in [9.17, 15) is 18.0 Å². The van der Waals surface area contributed by atoms with Crippen molar-refractivity contribution in [2.45, 2.75) is 42.2 Å². The van der Waals surface area contributed by atoms with E-state index in [0.29, 0.717) is 24.9 Å². The van der Waals surface area contributed by atoms with Gasteiger partial charge in [0.25, 0.3) is 5.91 Å². The van der Waals surface area contributed by atoms with Gasteiger partial charge in [0.05, 0.1) is 16.1 Å². The highest BCUT2D eigenvalue weighted by molar-refractivity contribution is 8.00. The first-order valence-electron chi connectivity index (χ1n) is 10.6. The van der Waals surface area contributed by atoms with E-state index in [1.54, 1.807) is 30.5 Å². The van der Waals surface area contributed by atoms with Crippen molar-refractivity contribution in [2.75, 3.05) is 31.1 Å². The predicted molar refractivity (Wildman–Crippen MR) is 126 cm³/mol. The zero-order valence-electron chi connectivity index (χ0n) is 18.5. The van der Waals surface area contributed by atoms with Crippen LogP contribution in [0.2, 0.25) is 0 Å². The summed E-state index contributed by atoms with van der Waals surface area (Å²) in [5, 5.41) is 0.377. The second-order valence-corrected chi connectivity index (χ2v) is 10.8. The van der Waals surface area contributed by atoms with E-state index in [1.165, 1.54) is 28.6 Å². The van der Waals surface area contributed by atoms with Crippen molar-refractivity contribution in [1.82, 2.24) is 4.31 Å². The molecule has 0 saturated carbocycles. The number of benzene rings is 2. The number of anilines is 1. The van der Waals surface area contributed by atoms with Crippen molar-refractivity contribution in [3.05, 3.63) is 54.1 Å². The Labute approximate surface area is 193 Å². The molecule has 0 bridgehead atoms. The molecule has 1 atom stereocenters. The van der Waals surface area contributed by atoms with E-state index in [2.05, 4.69) is 6.92 Å². The Morgan fingerprint density at radius 1 is 1.09 bits per heavy atom. The van der Waals surface area contributed by atoms with Crippen molar-refractivity contribution < 1.29 is 22.7 Å². The molecule has 0 fully saturated rings. The molecule has 1 aliphatic rings. The fourth-order valence-electron chi connectivity index (χ4n) is 3.51. The maximum atomic E-state index is 12.8. The van der Waals surface area contributed by atoms with E-state index in [1.807, 2.05) is 24.3 Å². The quantitative estimate of drug-likeness (QED) is 0.566. The molecule has 1 amide bonds. The zero-order chi connectivity index (χ0) is 23.3. The first kappa shape index (κ1) is 24.3. The number of hydrogen-bond acceptors (Lipinski definition) is 6. The second kappa shape index (κ2) is 10.5. The van der Waals surface area contributed by atoms with Gasteiger partial charge in [0.15, 0.2) is 6.61 Å². The SMILES string of the molecule is CCN(CC)S(=O)(=O)c1ccc(C(=O)OCC(=O)N2CCC(C)Sc3ccccc32)cc1. The lowest BCUT2D eigenvalue weighted by Crippen LogP contribution is -2.35. The number of thioether (sulfide) groups is 1. The van der Waals surface area contributed by atoms with E-state index >= 15 is 0 Å². The Bertz CT molecular complexity index is 1070. The summed E-state index contributed by atoms with van der Waals surface area (Å²) >= 11 is 1.73. The zero-order valence-corrected chi connectivity index (χ0v) is 20.1. The molecule has 0 spiro atoms.